The molecule has 2 unspecified atom stereocenters. The van der Waals surface area contributed by atoms with Crippen LogP contribution in [0.15, 0.2) is 12.1 Å². The Kier molecular flexibility index (Phi) is 4.46. The highest BCUT2D eigenvalue weighted by Crippen LogP contribution is 2.29. The lowest BCUT2D eigenvalue weighted by Crippen LogP contribution is -2.28. The van der Waals surface area contributed by atoms with Crippen LogP contribution in [0.5, 0.6) is 0 Å². The van der Waals surface area contributed by atoms with Crippen molar-refractivity contribution in [1.29, 1.82) is 0 Å². The zero-order chi connectivity index (χ0) is 13.1. The van der Waals surface area contributed by atoms with Crippen LogP contribution in [-0.4, -0.2) is 17.4 Å². The molecule has 1 aromatic heterocycles. The number of aromatic nitrogens is 1. The molecule has 98 valence electrons. The van der Waals surface area contributed by atoms with E-state index in [0.29, 0.717) is 11.5 Å². The molecule has 0 spiro atoms. The van der Waals surface area contributed by atoms with E-state index in [4.69, 9.17) is 23.2 Å². The maximum atomic E-state index is 11.9. The molecule has 1 saturated carbocycles. The van der Waals surface area contributed by atoms with Gasteiger partial charge in [0.2, 0.25) is 0 Å². The zero-order valence-electron chi connectivity index (χ0n) is 10.2. The third-order valence-electron chi connectivity index (χ3n) is 3.38. The third-order valence-corrected chi connectivity index (χ3v) is 3.77. The van der Waals surface area contributed by atoms with Crippen LogP contribution in [0.1, 0.15) is 36.5 Å². The number of pyridine rings is 1. The second-order valence-corrected chi connectivity index (χ2v) is 5.77. The van der Waals surface area contributed by atoms with Gasteiger partial charge in [0.25, 0.3) is 5.91 Å². The summed E-state index contributed by atoms with van der Waals surface area (Å²) in [5.41, 5.74) is 0.464. The first kappa shape index (κ1) is 13.6. The Bertz CT molecular complexity index is 430. The highest BCUT2D eigenvalue weighted by Gasteiger charge is 2.21. The van der Waals surface area contributed by atoms with Gasteiger partial charge in [-0.15, -0.1) is 0 Å². The Labute approximate surface area is 117 Å². The first-order valence-electron chi connectivity index (χ1n) is 6.16. The lowest BCUT2D eigenvalue weighted by molar-refractivity contribution is 0.0947. The third kappa shape index (κ3) is 3.59. The van der Waals surface area contributed by atoms with E-state index in [9.17, 15) is 4.79 Å². The highest BCUT2D eigenvalue weighted by atomic mass is 35.5. The van der Waals surface area contributed by atoms with Crippen LogP contribution in [0.2, 0.25) is 10.3 Å². The maximum Gasteiger partial charge on any atom is 0.251 e. The van der Waals surface area contributed by atoms with Gasteiger partial charge < -0.3 is 5.32 Å². The number of nitrogens with zero attached hydrogens (tertiary/aromatic N) is 1. The predicted octanol–water partition coefficient (Wildman–Crippen LogP) is 3.55. The lowest BCUT2D eigenvalue weighted by atomic mass is 10.1. The number of hydrogen-bond donors (Lipinski definition) is 1. The monoisotopic (exact) mass is 286 g/mol. The lowest BCUT2D eigenvalue weighted by Gasteiger charge is -2.11. The molecule has 1 N–H and O–H groups in total. The Hall–Kier alpha value is -0.800. The van der Waals surface area contributed by atoms with Crippen LogP contribution >= 0.6 is 23.2 Å². The molecule has 0 radical (unpaired) electrons. The number of amides is 1. The first-order valence-corrected chi connectivity index (χ1v) is 6.91. The van der Waals surface area contributed by atoms with Gasteiger partial charge in [0.05, 0.1) is 0 Å². The van der Waals surface area contributed by atoms with Gasteiger partial charge in [-0.05, 0) is 36.8 Å². The van der Waals surface area contributed by atoms with Crippen molar-refractivity contribution in [1.82, 2.24) is 10.3 Å². The van der Waals surface area contributed by atoms with E-state index in [1.807, 2.05) is 0 Å². The number of carbonyl (C=O) groups excluding carboxylic acids is 1. The summed E-state index contributed by atoms with van der Waals surface area (Å²) in [6.07, 6.45) is 3.64. The largest absolute Gasteiger partial charge is 0.352 e. The van der Waals surface area contributed by atoms with Crippen LogP contribution in [0.25, 0.3) is 0 Å². The summed E-state index contributed by atoms with van der Waals surface area (Å²) >= 11 is 11.5. The van der Waals surface area contributed by atoms with Crippen LogP contribution in [0.3, 0.4) is 0 Å². The van der Waals surface area contributed by atoms with Crippen molar-refractivity contribution in [3.63, 3.8) is 0 Å². The molecule has 0 aliphatic heterocycles. The van der Waals surface area contributed by atoms with Gasteiger partial charge in [-0.25, -0.2) is 4.98 Å². The van der Waals surface area contributed by atoms with Gasteiger partial charge in [-0.3, -0.25) is 4.79 Å². The SMILES string of the molecule is CC1CCC(CNC(=O)c2cc(Cl)nc(Cl)c2)C1. The fourth-order valence-corrected chi connectivity index (χ4v) is 2.91. The van der Waals surface area contributed by atoms with E-state index >= 15 is 0 Å². The van der Waals surface area contributed by atoms with E-state index < -0.39 is 0 Å². The van der Waals surface area contributed by atoms with Gasteiger partial charge in [-0.1, -0.05) is 36.5 Å². The normalized spacial score (nSPS) is 23.1. The summed E-state index contributed by atoms with van der Waals surface area (Å²) in [6, 6.07) is 3.06. The average Bonchev–Trinajstić information content (AvgIpc) is 2.70. The molecular weight excluding hydrogens is 271 g/mol. The summed E-state index contributed by atoms with van der Waals surface area (Å²) in [6.45, 7) is 2.98. The van der Waals surface area contributed by atoms with E-state index in [-0.39, 0.29) is 16.2 Å². The Morgan fingerprint density at radius 1 is 1.39 bits per heavy atom. The minimum atomic E-state index is -0.138. The smallest absolute Gasteiger partial charge is 0.251 e. The quantitative estimate of drug-likeness (QED) is 0.864. The van der Waals surface area contributed by atoms with Crippen molar-refractivity contribution in [3.05, 3.63) is 28.0 Å². The summed E-state index contributed by atoms with van der Waals surface area (Å²) in [4.78, 5) is 15.7. The number of rotatable bonds is 3. The van der Waals surface area contributed by atoms with Gasteiger partial charge >= 0.3 is 0 Å². The second kappa shape index (κ2) is 5.89. The van der Waals surface area contributed by atoms with E-state index in [2.05, 4.69) is 17.2 Å². The fraction of sp³-hybridized carbons (Fsp3) is 0.538. The van der Waals surface area contributed by atoms with Gasteiger partial charge in [-0.2, -0.15) is 0 Å². The molecule has 18 heavy (non-hydrogen) atoms. The topological polar surface area (TPSA) is 42.0 Å². The zero-order valence-corrected chi connectivity index (χ0v) is 11.8. The van der Waals surface area contributed by atoms with Crippen LogP contribution in [0, 0.1) is 11.8 Å². The van der Waals surface area contributed by atoms with Crippen LogP contribution in [0.4, 0.5) is 0 Å². The molecule has 0 saturated heterocycles. The van der Waals surface area contributed by atoms with Crippen LogP contribution < -0.4 is 5.32 Å². The Balaban J connectivity index is 1.91. The Morgan fingerprint density at radius 3 is 2.61 bits per heavy atom. The molecule has 5 heteroatoms. The van der Waals surface area contributed by atoms with Crippen molar-refractivity contribution in [2.24, 2.45) is 11.8 Å². The Morgan fingerprint density at radius 2 is 2.06 bits per heavy atom. The summed E-state index contributed by atoms with van der Waals surface area (Å²) < 4.78 is 0. The summed E-state index contributed by atoms with van der Waals surface area (Å²) in [5.74, 6) is 1.23. The second-order valence-electron chi connectivity index (χ2n) is 5.00. The van der Waals surface area contributed by atoms with Gasteiger partial charge in [0.1, 0.15) is 10.3 Å². The minimum Gasteiger partial charge on any atom is -0.352 e. The van der Waals surface area contributed by atoms with E-state index in [1.165, 1.54) is 31.4 Å². The standard InChI is InChI=1S/C13H16Cl2N2O/c1-8-2-3-9(4-8)7-16-13(18)10-5-11(14)17-12(15)6-10/h5-6,8-9H,2-4,7H2,1H3,(H,16,18). The van der Waals surface area contributed by atoms with Gasteiger partial charge in [0.15, 0.2) is 0 Å². The van der Waals surface area contributed by atoms with Crippen molar-refractivity contribution in [2.45, 2.75) is 26.2 Å². The molecule has 1 fully saturated rings. The molecule has 1 aliphatic rings. The molecule has 0 aromatic carbocycles. The van der Waals surface area contributed by atoms with Gasteiger partial charge in [0, 0.05) is 12.1 Å². The van der Waals surface area contributed by atoms with E-state index in [1.54, 1.807) is 0 Å². The first-order chi connectivity index (χ1) is 8.54. The fourth-order valence-electron chi connectivity index (χ4n) is 2.45. The van der Waals surface area contributed by atoms with Crippen molar-refractivity contribution >= 4 is 29.1 Å². The molecule has 2 atom stereocenters. The molecule has 1 aromatic rings. The van der Waals surface area contributed by atoms with Crippen molar-refractivity contribution in [2.75, 3.05) is 6.54 Å². The van der Waals surface area contributed by atoms with Crippen molar-refractivity contribution < 1.29 is 4.79 Å². The molecule has 3 nitrogen and oxygen atoms in total. The predicted molar refractivity (Wildman–Crippen MR) is 73.1 cm³/mol. The van der Waals surface area contributed by atoms with Crippen molar-refractivity contribution in [3.8, 4) is 0 Å². The van der Waals surface area contributed by atoms with Crippen LogP contribution in [-0.2, 0) is 0 Å². The number of halogens is 2. The molecule has 2 rings (SSSR count). The molecule has 0 bridgehead atoms. The molecule has 1 heterocycles. The number of hydrogen-bond acceptors (Lipinski definition) is 2. The summed E-state index contributed by atoms with van der Waals surface area (Å²) in [5, 5.41) is 3.41. The highest BCUT2D eigenvalue weighted by molar-refractivity contribution is 6.33. The maximum absolute atomic E-state index is 11.9. The number of nitrogens with one attached hydrogen (secondary N) is 1. The molecular formula is C13H16Cl2N2O. The minimum absolute atomic E-state index is 0.138. The molecule has 1 amide bonds. The number of carbonyl (C=O) groups is 1. The summed E-state index contributed by atoms with van der Waals surface area (Å²) in [7, 11) is 0. The average molecular weight is 287 g/mol. The molecule has 1 aliphatic carbocycles. The van der Waals surface area contributed by atoms with E-state index in [0.717, 1.165) is 12.5 Å².